The molecule has 6 heteroatoms. The first-order valence-electron chi connectivity index (χ1n) is 4.95. The highest BCUT2D eigenvalue weighted by molar-refractivity contribution is 6.18. The van der Waals surface area contributed by atoms with E-state index in [1.807, 2.05) is 0 Å². The monoisotopic (exact) mass is 280 g/mol. The molecule has 0 heterocycles. The molecule has 0 atom stereocenters. The second kappa shape index (κ2) is 6.50. The SMILES string of the molecule is FC(F)C(F)(F)Oc1cccc(C#CCCCl)c1. The Hall–Kier alpha value is -1.41. The fraction of sp³-hybridized carbons (Fsp3) is 0.333. The highest BCUT2D eigenvalue weighted by Gasteiger charge is 2.43. The van der Waals surface area contributed by atoms with E-state index in [2.05, 4.69) is 16.6 Å². The standard InChI is InChI=1S/C12H9ClF4O/c13-7-2-1-4-9-5-3-6-10(8-9)18-12(16,17)11(14)15/h3,5-6,8,11H,2,7H2. The predicted octanol–water partition coefficient (Wildman–Crippen LogP) is 3.90. The fourth-order valence-corrected chi connectivity index (χ4v) is 1.15. The van der Waals surface area contributed by atoms with Crippen molar-refractivity contribution in [1.29, 1.82) is 0 Å². The smallest absolute Gasteiger partial charge is 0.428 e. The lowest BCUT2D eigenvalue weighted by Crippen LogP contribution is -2.33. The summed E-state index contributed by atoms with van der Waals surface area (Å²) < 4.78 is 53.1. The molecule has 1 aromatic carbocycles. The molecule has 0 aromatic heterocycles. The molecule has 98 valence electrons. The summed E-state index contributed by atoms with van der Waals surface area (Å²) in [6.45, 7) is 0. The van der Waals surface area contributed by atoms with Gasteiger partial charge in [0.25, 0.3) is 0 Å². The van der Waals surface area contributed by atoms with Crippen LogP contribution in [0.4, 0.5) is 17.6 Å². The molecule has 0 saturated carbocycles. The molecule has 1 nitrogen and oxygen atoms in total. The third-order valence-electron chi connectivity index (χ3n) is 1.79. The van der Waals surface area contributed by atoms with E-state index in [1.54, 1.807) is 6.07 Å². The summed E-state index contributed by atoms with van der Waals surface area (Å²) in [6, 6.07) is 5.26. The van der Waals surface area contributed by atoms with Crippen LogP contribution >= 0.6 is 11.6 Å². The van der Waals surface area contributed by atoms with Crippen molar-refractivity contribution in [1.82, 2.24) is 0 Å². The quantitative estimate of drug-likeness (QED) is 0.462. The molecule has 1 rings (SSSR count). The summed E-state index contributed by atoms with van der Waals surface area (Å²) in [6.07, 6.45) is -7.95. The van der Waals surface area contributed by atoms with Gasteiger partial charge in [-0.25, -0.2) is 0 Å². The molecule has 18 heavy (non-hydrogen) atoms. The van der Waals surface area contributed by atoms with Gasteiger partial charge in [-0.15, -0.1) is 11.6 Å². The van der Waals surface area contributed by atoms with Gasteiger partial charge in [-0.05, 0) is 18.2 Å². The Morgan fingerprint density at radius 3 is 2.67 bits per heavy atom. The van der Waals surface area contributed by atoms with Crippen LogP contribution in [0.5, 0.6) is 5.75 Å². The number of benzene rings is 1. The van der Waals surface area contributed by atoms with Crippen molar-refractivity contribution in [3.8, 4) is 17.6 Å². The molecule has 0 unspecified atom stereocenters. The summed E-state index contributed by atoms with van der Waals surface area (Å²) in [5.74, 6) is 5.34. The van der Waals surface area contributed by atoms with Gasteiger partial charge in [0.2, 0.25) is 0 Å². The van der Waals surface area contributed by atoms with Gasteiger partial charge in [-0.3, -0.25) is 0 Å². The van der Waals surface area contributed by atoms with E-state index in [0.717, 1.165) is 12.1 Å². The van der Waals surface area contributed by atoms with Crippen LogP contribution in [0.1, 0.15) is 12.0 Å². The van der Waals surface area contributed by atoms with Gasteiger partial charge in [0.15, 0.2) is 0 Å². The number of hydrogen-bond acceptors (Lipinski definition) is 1. The summed E-state index contributed by atoms with van der Waals surface area (Å²) in [5, 5.41) is 0. The highest BCUT2D eigenvalue weighted by atomic mass is 35.5. The fourth-order valence-electron chi connectivity index (χ4n) is 1.05. The zero-order valence-corrected chi connectivity index (χ0v) is 9.85. The average Bonchev–Trinajstić information content (AvgIpc) is 2.29. The minimum atomic E-state index is -4.51. The third-order valence-corrected chi connectivity index (χ3v) is 1.98. The van der Waals surface area contributed by atoms with Gasteiger partial charge < -0.3 is 4.74 Å². The highest BCUT2D eigenvalue weighted by Crippen LogP contribution is 2.27. The van der Waals surface area contributed by atoms with Crippen molar-refractivity contribution >= 4 is 11.6 Å². The van der Waals surface area contributed by atoms with Crippen LogP contribution in [-0.4, -0.2) is 18.4 Å². The van der Waals surface area contributed by atoms with E-state index in [9.17, 15) is 17.6 Å². The molecular weight excluding hydrogens is 272 g/mol. The van der Waals surface area contributed by atoms with Gasteiger partial charge in [-0.1, -0.05) is 17.9 Å². The molecule has 1 aromatic rings. The first-order chi connectivity index (χ1) is 8.45. The summed E-state index contributed by atoms with van der Waals surface area (Å²) in [7, 11) is 0. The Kier molecular flexibility index (Phi) is 5.29. The lowest BCUT2D eigenvalue weighted by atomic mass is 10.2. The number of alkyl halides is 5. The second-order valence-electron chi connectivity index (χ2n) is 3.23. The molecule has 0 aliphatic rings. The van der Waals surface area contributed by atoms with Gasteiger partial charge in [0.05, 0.1) is 0 Å². The Bertz CT molecular complexity index is 451. The van der Waals surface area contributed by atoms with E-state index in [0.29, 0.717) is 17.9 Å². The zero-order valence-electron chi connectivity index (χ0n) is 9.10. The van der Waals surface area contributed by atoms with Crippen molar-refractivity contribution in [3.63, 3.8) is 0 Å². The van der Waals surface area contributed by atoms with E-state index in [-0.39, 0.29) is 5.75 Å². The van der Waals surface area contributed by atoms with E-state index in [4.69, 9.17) is 11.6 Å². The molecule has 0 fully saturated rings. The van der Waals surface area contributed by atoms with Crippen molar-refractivity contribution in [2.75, 3.05) is 5.88 Å². The third kappa shape index (κ3) is 4.46. The van der Waals surface area contributed by atoms with E-state index in [1.165, 1.54) is 6.07 Å². The van der Waals surface area contributed by atoms with Crippen LogP contribution < -0.4 is 4.74 Å². The van der Waals surface area contributed by atoms with Gasteiger partial charge in [0.1, 0.15) is 5.75 Å². The van der Waals surface area contributed by atoms with Crippen molar-refractivity contribution in [2.24, 2.45) is 0 Å². The minimum Gasteiger partial charge on any atom is -0.428 e. The molecular formula is C12H9ClF4O. The molecule has 0 amide bonds. The van der Waals surface area contributed by atoms with E-state index < -0.39 is 12.5 Å². The van der Waals surface area contributed by atoms with Crippen LogP contribution in [0, 0.1) is 11.8 Å². The number of halogens is 5. The minimum absolute atomic E-state index is 0.354. The Morgan fingerprint density at radius 1 is 1.33 bits per heavy atom. The van der Waals surface area contributed by atoms with Crippen molar-refractivity contribution in [2.45, 2.75) is 19.0 Å². The molecule has 0 N–H and O–H groups in total. The molecule has 0 aliphatic heterocycles. The maximum Gasteiger partial charge on any atom is 0.461 e. The largest absolute Gasteiger partial charge is 0.461 e. The lowest BCUT2D eigenvalue weighted by Gasteiger charge is -2.16. The number of ether oxygens (including phenoxy) is 1. The van der Waals surface area contributed by atoms with Gasteiger partial charge in [0, 0.05) is 17.9 Å². The van der Waals surface area contributed by atoms with Crippen LogP contribution in [0.3, 0.4) is 0 Å². The molecule has 0 saturated heterocycles. The van der Waals surface area contributed by atoms with Crippen LogP contribution in [0.15, 0.2) is 24.3 Å². The Morgan fingerprint density at radius 2 is 2.06 bits per heavy atom. The average molecular weight is 281 g/mol. The van der Waals surface area contributed by atoms with Crippen LogP contribution in [0.25, 0.3) is 0 Å². The summed E-state index contributed by atoms with van der Waals surface area (Å²) in [5.41, 5.74) is 0.391. The summed E-state index contributed by atoms with van der Waals surface area (Å²) in [4.78, 5) is 0. The lowest BCUT2D eigenvalue weighted by molar-refractivity contribution is -0.253. The predicted molar refractivity (Wildman–Crippen MR) is 60.2 cm³/mol. The number of hydrogen-bond donors (Lipinski definition) is 0. The van der Waals surface area contributed by atoms with Gasteiger partial charge in [-0.2, -0.15) is 17.6 Å². The Balaban J connectivity index is 2.81. The molecule has 0 radical (unpaired) electrons. The maximum atomic E-state index is 12.6. The van der Waals surface area contributed by atoms with E-state index >= 15 is 0 Å². The Labute approximate surface area is 107 Å². The molecule has 0 bridgehead atoms. The first-order valence-corrected chi connectivity index (χ1v) is 5.49. The zero-order chi connectivity index (χ0) is 13.6. The van der Waals surface area contributed by atoms with Crippen molar-refractivity contribution < 1.29 is 22.3 Å². The normalized spacial score (nSPS) is 11.0. The maximum absolute atomic E-state index is 12.6. The summed E-state index contributed by atoms with van der Waals surface area (Å²) >= 11 is 5.41. The molecule has 0 spiro atoms. The van der Waals surface area contributed by atoms with Gasteiger partial charge >= 0.3 is 12.5 Å². The van der Waals surface area contributed by atoms with Crippen LogP contribution in [0.2, 0.25) is 0 Å². The second-order valence-corrected chi connectivity index (χ2v) is 3.61. The molecule has 0 aliphatic carbocycles. The van der Waals surface area contributed by atoms with Crippen LogP contribution in [-0.2, 0) is 0 Å². The van der Waals surface area contributed by atoms with Crippen molar-refractivity contribution in [3.05, 3.63) is 29.8 Å². The number of rotatable bonds is 4. The topological polar surface area (TPSA) is 9.23 Å². The first kappa shape index (κ1) is 14.7.